The Balaban J connectivity index is 2.32. The Morgan fingerprint density at radius 2 is 2.40 bits per heavy atom. The third-order valence-corrected chi connectivity index (χ3v) is 3.04. The molecule has 0 aliphatic carbocycles. The van der Waals surface area contributed by atoms with E-state index in [9.17, 15) is 5.11 Å². The molecule has 0 saturated heterocycles. The first-order chi connectivity index (χ1) is 7.26. The average molecular weight is 203 g/mol. The Hall–Kier alpha value is -1.28. The molecule has 0 radical (unpaired) electrons. The topological polar surface area (TPSA) is 23.5 Å². The first-order valence-corrected chi connectivity index (χ1v) is 5.44. The molecule has 1 aromatic carbocycles. The third kappa shape index (κ3) is 1.77. The lowest BCUT2D eigenvalue weighted by Gasteiger charge is -2.17. The van der Waals surface area contributed by atoms with Gasteiger partial charge in [-0.05, 0) is 30.5 Å². The van der Waals surface area contributed by atoms with Gasteiger partial charge in [0, 0.05) is 18.8 Å². The van der Waals surface area contributed by atoms with Crippen molar-refractivity contribution in [2.45, 2.75) is 19.4 Å². The molecule has 0 bridgehead atoms. The number of rotatable bonds is 3. The Bertz CT molecular complexity index is 373. The van der Waals surface area contributed by atoms with Crippen LogP contribution in [-0.2, 0) is 6.42 Å². The van der Waals surface area contributed by atoms with Crippen LogP contribution < -0.4 is 4.90 Å². The van der Waals surface area contributed by atoms with E-state index in [0.29, 0.717) is 0 Å². The fourth-order valence-electron chi connectivity index (χ4n) is 2.14. The predicted molar refractivity (Wildman–Crippen MR) is 63.2 cm³/mol. The zero-order valence-corrected chi connectivity index (χ0v) is 9.11. The van der Waals surface area contributed by atoms with Crippen LogP contribution in [0.25, 0.3) is 0 Å². The number of hydrogen-bond donors (Lipinski definition) is 1. The van der Waals surface area contributed by atoms with E-state index in [1.54, 1.807) is 6.08 Å². The van der Waals surface area contributed by atoms with Crippen molar-refractivity contribution >= 4 is 5.69 Å². The normalized spacial score (nSPS) is 16.3. The van der Waals surface area contributed by atoms with Crippen LogP contribution in [0.5, 0.6) is 0 Å². The first-order valence-electron chi connectivity index (χ1n) is 5.44. The second-order valence-electron chi connectivity index (χ2n) is 3.90. The molecule has 0 spiro atoms. The highest BCUT2D eigenvalue weighted by Crippen LogP contribution is 2.30. The number of anilines is 1. The van der Waals surface area contributed by atoms with Gasteiger partial charge in [-0.15, -0.1) is 6.58 Å². The van der Waals surface area contributed by atoms with Crippen LogP contribution in [-0.4, -0.2) is 18.2 Å². The number of nitrogens with zero attached hydrogens (tertiary/aromatic N) is 1. The number of likely N-dealkylation sites (N-methyl/N-ethyl adjacent to an activating group) is 1. The zero-order valence-electron chi connectivity index (χ0n) is 9.11. The van der Waals surface area contributed by atoms with Gasteiger partial charge in [-0.1, -0.05) is 18.2 Å². The minimum Gasteiger partial charge on any atom is -0.384 e. The van der Waals surface area contributed by atoms with Gasteiger partial charge in [0.25, 0.3) is 0 Å². The smallest absolute Gasteiger partial charge is 0.0969 e. The van der Waals surface area contributed by atoms with Crippen LogP contribution in [0, 0.1) is 0 Å². The third-order valence-electron chi connectivity index (χ3n) is 3.04. The fraction of sp³-hybridized carbons (Fsp3) is 0.385. The van der Waals surface area contributed by atoms with Crippen molar-refractivity contribution in [3.05, 3.63) is 42.0 Å². The van der Waals surface area contributed by atoms with E-state index < -0.39 is 6.10 Å². The molecular formula is C13H17NO. The van der Waals surface area contributed by atoms with E-state index in [4.69, 9.17) is 0 Å². The molecule has 1 aliphatic rings. The van der Waals surface area contributed by atoms with Crippen molar-refractivity contribution in [3.63, 3.8) is 0 Å². The molecule has 0 amide bonds. The SMILES string of the molecule is C=CC(O)c1ccc2c(c1)CCN2CC. The lowest BCUT2D eigenvalue weighted by Crippen LogP contribution is -2.19. The van der Waals surface area contributed by atoms with Gasteiger partial charge in [-0.25, -0.2) is 0 Å². The Morgan fingerprint density at radius 1 is 1.60 bits per heavy atom. The summed E-state index contributed by atoms with van der Waals surface area (Å²) >= 11 is 0. The monoisotopic (exact) mass is 203 g/mol. The van der Waals surface area contributed by atoms with Crippen LogP contribution in [0.2, 0.25) is 0 Å². The van der Waals surface area contributed by atoms with Crippen molar-refractivity contribution in [2.75, 3.05) is 18.0 Å². The Morgan fingerprint density at radius 3 is 3.07 bits per heavy atom. The van der Waals surface area contributed by atoms with E-state index in [-0.39, 0.29) is 0 Å². The molecule has 2 heteroatoms. The van der Waals surface area contributed by atoms with Gasteiger partial charge in [-0.2, -0.15) is 0 Å². The van der Waals surface area contributed by atoms with Gasteiger partial charge < -0.3 is 10.0 Å². The van der Waals surface area contributed by atoms with Crippen molar-refractivity contribution < 1.29 is 5.11 Å². The summed E-state index contributed by atoms with van der Waals surface area (Å²) in [7, 11) is 0. The van der Waals surface area contributed by atoms with Gasteiger partial charge in [0.05, 0.1) is 6.10 Å². The summed E-state index contributed by atoms with van der Waals surface area (Å²) in [5.74, 6) is 0. The molecule has 0 fully saturated rings. The zero-order chi connectivity index (χ0) is 10.8. The highest BCUT2D eigenvalue weighted by molar-refractivity contribution is 5.59. The lowest BCUT2D eigenvalue weighted by molar-refractivity contribution is 0.229. The molecule has 1 atom stereocenters. The Kier molecular flexibility index (Phi) is 2.78. The molecular weight excluding hydrogens is 186 g/mol. The second-order valence-corrected chi connectivity index (χ2v) is 3.90. The van der Waals surface area contributed by atoms with Gasteiger partial charge in [0.1, 0.15) is 0 Å². The molecule has 0 aromatic heterocycles. The van der Waals surface area contributed by atoms with Crippen LogP contribution >= 0.6 is 0 Å². The molecule has 1 aromatic rings. The number of fused-ring (bicyclic) bond motifs is 1. The van der Waals surface area contributed by atoms with Gasteiger partial charge >= 0.3 is 0 Å². The van der Waals surface area contributed by atoms with Gasteiger partial charge in [0.2, 0.25) is 0 Å². The van der Waals surface area contributed by atoms with Crippen LogP contribution in [0.1, 0.15) is 24.2 Å². The van der Waals surface area contributed by atoms with Crippen molar-refractivity contribution in [3.8, 4) is 0 Å². The summed E-state index contributed by atoms with van der Waals surface area (Å²) in [5.41, 5.74) is 3.61. The van der Waals surface area contributed by atoms with Crippen LogP contribution in [0.3, 0.4) is 0 Å². The standard InChI is InChI=1S/C13H17NO/c1-3-13(15)11-5-6-12-10(9-11)7-8-14(12)4-2/h3,5-6,9,13,15H,1,4,7-8H2,2H3. The largest absolute Gasteiger partial charge is 0.384 e. The quantitative estimate of drug-likeness (QED) is 0.762. The summed E-state index contributed by atoms with van der Waals surface area (Å²) < 4.78 is 0. The molecule has 0 saturated carbocycles. The van der Waals surface area contributed by atoms with E-state index >= 15 is 0 Å². The summed E-state index contributed by atoms with van der Waals surface area (Å²) in [6.07, 6.45) is 2.11. The molecule has 1 aliphatic heterocycles. The van der Waals surface area contributed by atoms with Gasteiger partial charge in [0.15, 0.2) is 0 Å². The highest BCUT2D eigenvalue weighted by atomic mass is 16.3. The van der Waals surface area contributed by atoms with Crippen LogP contribution in [0.4, 0.5) is 5.69 Å². The maximum Gasteiger partial charge on any atom is 0.0969 e. The maximum absolute atomic E-state index is 9.65. The van der Waals surface area contributed by atoms with E-state index in [0.717, 1.165) is 25.1 Å². The summed E-state index contributed by atoms with van der Waals surface area (Å²) in [6.45, 7) is 7.92. The minimum atomic E-state index is -0.536. The number of aliphatic hydroxyl groups is 1. The number of aliphatic hydroxyl groups excluding tert-OH is 1. The van der Waals surface area contributed by atoms with Crippen LogP contribution in [0.15, 0.2) is 30.9 Å². The molecule has 1 unspecified atom stereocenters. The number of hydrogen-bond acceptors (Lipinski definition) is 2. The summed E-state index contributed by atoms with van der Waals surface area (Å²) in [6, 6.07) is 6.18. The highest BCUT2D eigenvalue weighted by Gasteiger charge is 2.18. The second kappa shape index (κ2) is 4.07. The number of benzene rings is 1. The van der Waals surface area contributed by atoms with E-state index in [1.807, 2.05) is 6.07 Å². The Labute approximate surface area is 90.8 Å². The fourth-order valence-corrected chi connectivity index (χ4v) is 2.14. The predicted octanol–water partition coefficient (Wildman–Crippen LogP) is 2.29. The maximum atomic E-state index is 9.65. The summed E-state index contributed by atoms with van der Waals surface area (Å²) in [4.78, 5) is 2.36. The lowest BCUT2D eigenvalue weighted by atomic mass is 10.0. The van der Waals surface area contributed by atoms with Crippen molar-refractivity contribution in [2.24, 2.45) is 0 Å². The molecule has 2 nitrogen and oxygen atoms in total. The molecule has 2 rings (SSSR count). The minimum absolute atomic E-state index is 0.536. The van der Waals surface area contributed by atoms with Gasteiger partial charge in [-0.3, -0.25) is 0 Å². The van der Waals surface area contributed by atoms with Crippen molar-refractivity contribution in [1.82, 2.24) is 0 Å². The molecule has 15 heavy (non-hydrogen) atoms. The summed E-state index contributed by atoms with van der Waals surface area (Å²) in [5, 5.41) is 9.65. The van der Waals surface area contributed by atoms with Crippen molar-refractivity contribution in [1.29, 1.82) is 0 Å². The molecule has 1 heterocycles. The average Bonchev–Trinajstić information content (AvgIpc) is 2.69. The van der Waals surface area contributed by atoms with E-state index in [1.165, 1.54) is 11.3 Å². The van der Waals surface area contributed by atoms with E-state index in [2.05, 4.69) is 30.5 Å². The molecule has 1 N–H and O–H groups in total. The first kappa shape index (κ1) is 10.2. The molecule has 80 valence electrons.